The first-order chi connectivity index (χ1) is 14.8. The van der Waals surface area contributed by atoms with Gasteiger partial charge in [-0.3, -0.25) is 14.4 Å². The number of ketones is 1. The smallest absolute Gasteiger partial charge is 0.245 e. The monoisotopic (exact) mass is 446 g/mol. The Morgan fingerprint density at radius 1 is 1.29 bits per heavy atom. The van der Waals surface area contributed by atoms with Crippen LogP contribution in [0.4, 0.5) is 4.39 Å². The van der Waals surface area contributed by atoms with Gasteiger partial charge in [0.2, 0.25) is 17.6 Å². The highest BCUT2D eigenvalue weighted by atomic mass is 32.1. The zero-order valence-electron chi connectivity index (χ0n) is 17.9. The van der Waals surface area contributed by atoms with Crippen molar-refractivity contribution in [1.29, 1.82) is 0 Å². The molecule has 9 heteroatoms. The van der Waals surface area contributed by atoms with E-state index in [0.29, 0.717) is 23.5 Å². The Hall–Kier alpha value is -2.65. The maximum absolute atomic E-state index is 13.2. The molecule has 1 aromatic heterocycles. The fourth-order valence-electron chi connectivity index (χ4n) is 3.55. The molecule has 2 amide bonds. The zero-order chi connectivity index (χ0) is 22.5. The van der Waals surface area contributed by atoms with E-state index in [2.05, 4.69) is 15.6 Å². The number of nitrogens with zero attached hydrogens (tertiary/aromatic N) is 2. The second-order valence-corrected chi connectivity index (χ2v) is 8.47. The number of benzene rings is 1. The van der Waals surface area contributed by atoms with E-state index < -0.39 is 17.9 Å². The van der Waals surface area contributed by atoms with Crippen LogP contribution < -0.4 is 10.6 Å². The van der Waals surface area contributed by atoms with E-state index in [0.717, 1.165) is 12.8 Å². The Morgan fingerprint density at radius 3 is 2.65 bits per heavy atom. The third kappa shape index (κ3) is 5.16. The predicted molar refractivity (Wildman–Crippen MR) is 116 cm³/mol. The van der Waals surface area contributed by atoms with E-state index >= 15 is 0 Å². The van der Waals surface area contributed by atoms with Gasteiger partial charge in [-0.2, -0.15) is 0 Å². The molecule has 0 aliphatic carbocycles. The van der Waals surface area contributed by atoms with Crippen molar-refractivity contribution in [3.8, 4) is 0 Å². The normalized spacial score (nSPS) is 17.9. The molecule has 0 saturated carbocycles. The van der Waals surface area contributed by atoms with Crippen LogP contribution in [0.25, 0.3) is 0 Å². The number of carbonyl (C=O) groups excluding carboxylic acids is 3. The molecule has 0 unspecified atom stereocenters. The number of amides is 2. The van der Waals surface area contributed by atoms with Gasteiger partial charge in [-0.1, -0.05) is 6.92 Å². The summed E-state index contributed by atoms with van der Waals surface area (Å²) >= 11 is 1.34. The molecule has 0 bridgehead atoms. The quantitative estimate of drug-likeness (QED) is 0.609. The van der Waals surface area contributed by atoms with Crippen molar-refractivity contribution in [3.63, 3.8) is 0 Å². The van der Waals surface area contributed by atoms with E-state index in [1.807, 2.05) is 6.92 Å². The van der Waals surface area contributed by atoms with Crippen molar-refractivity contribution < 1.29 is 18.8 Å². The molecule has 2 aromatic rings. The maximum atomic E-state index is 13.2. The molecule has 3 rings (SSSR count). The average Bonchev–Trinajstić information content (AvgIpc) is 3.45. The minimum Gasteiger partial charge on any atom is -0.343 e. The Balaban J connectivity index is 1.74. The van der Waals surface area contributed by atoms with Gasteiger partial charge in [0.15, 0.2) is 0 Å². The van der Waals surface area contributed by atoms with Crippen molar-refractivity contribution in [1.82, 2.24) is 20.5 Å². The molecule has 2 heterocycles. The molecule has 0 radical (unpaired) electrons. The van der Waals surface area contributed by atoms with Crippen molar-refractivity contribution in [2.75, 3.05) is 13.6 Å². The number of halogens is 1. The number of thiazole rings is 1. The van der Waals surface area contributed by atoms with E-state index in [1.54, 1.807) is 24.3 Å². The van der Waals surface area contributed by atoms with E-state index in [9.17, 15) is 18.8 Å². The van der Waals surface area contributed by atoms with Crippen LogP contribution in [-0.4, -0.2) is 53.2 Å². The fraction of sp³-hybridized carbons (Fsp3) is 0.455. The molecule has 7 nitrogen and oxygen atoms in total. The lowest BCUT2D eigenvalue weighted by Crippen LogP contribution is -2.52. The predicted octanol–water partition coefficient (Wildman–Crippen LogP) is 2.68. The summed E-state index contributed by atoms with van der Waals surface area (Å²) in [4.78, 5) is 44.3. The fourth-order valence-corrected chi connectivity index (χ4v) is 4.49. The second kappa shape index (κ2) is 10.1. The Bertz CT molecular complexity index is 946. The lowest BCUT2D eigenvalue weighted by atomic mass is 10.1. The number of hydrogen-bond donors (Lipinski definition) is 2. The molecule has 166 valence electrons. The highest BCUT2D eigenvalue weighted by Gasteiger charge is 2.36. The van der Waals surface area contributed by atoms with Gasteiger partial charge in [0.05, 0.1) is 12.1 Å². The minimum absolute atomic E-state index is 0.136. The molecule has 3 atom stereocenters. The van der Waals surface area contributed by atoms with Gasteiger partial charge in [0.1, 0.15) is 22.6 Å². The van der Waals surface area contributed by atoms with E-state index in [4.69, 9.17) is 0 Å². The van der Waals surface area contributed by atoms with Gasteiger partial charge >= 0.3 is 0 Å². The van der Waals surface area contributed by atoms with Crippen LogP contribution in [0, 0.1) is 5.82 Å². The van der Waals surface area contributed by atoms with Gasteiger partial charge in [-0.25, -0.2) is 9.37 Å². The summed E-state index contributed by atoms with van der Waals surface area (Å²) in [6.45, 7) is 4.18. The van der Waals surface area contributed by atoms with Crippen LogP contribution in [0.5, 0.6) is 0 Å². The number of likely N-dealkylation sites (N-methyl/N-ethyl adjacent to an activating group) is 1. The SMILES string of the molecule is CC[C@H](NC(=O)[C@H](C)NC)C(=O)N1CCC[C@H]1c1nc(C(=O)c2ccc(F)cc2)cs1. The minimum atomic E-state index is -0.607. The average molecular weight is 447 g/mol. The molecule has 0 spiro atoms. The van der Waals surface area contributed by atoms with Crippen LogP contribution in [-0.2, 0) is 9.59 Å². The summed E-state index contributed by atoms with van der Waals surface area (Å²) in [5, 5.41) is 8.06. The van der Waals surface area contributed by atoms with Crippen LogP contribution >= 0.6 is 11.3 Å². The lowest BCUT2D eigenvalue weighted by Gasteiger charge is -2.28. The molecular formula is C22H27FN4O3S. The molecule has 2 N–H and O–H groups in total. The third-order valence-corrected chi connectivity index (χ3v) is 6.48. The summed E-state index contributed by atoms with van der Waals surface area (Å²) in [5.74, 6) is -1.04. The lowest BCUT2D eigenvalue weighted by molar-refractivity contribution is -0.137. The van der Waals surface area contributed by atoms with Crippen molar-refractivity contribution in [2.45, 2.75) is 51.2 Å². The molecular weight excluding hydrogens is 419 g/mol. The van der Waals surface area contributed by atoms with E-state index in [-0.39, 0.29) is 29.3 Å². The number of carbonyl (C=O) groups is 3. The van der Waals surface area contributed by atoms with Crippen LogP contribution in [0.2, 0.25) is 0 Å². The number of nitrogens with one attached hydrogen (secondary N) is 2. The van der Waals surface area contributed by atoms with Crippen molar-refractivity contribution >= 4 is 28.9 Å². The number of hydrogen-bond acceptors (Lipinski definition) is 6. The highest BCUT2D eigenvalue weighted by molar-refractivity contribution is 7.10. The highest BCUT2D eigenvalue weighted by Crippen LogP contribution is 2.34. The van der Waals surface area contributed by atoms with Crippen LogP contribution in [0.1, 0.15) is 60.2 Å². The van der Waals surface area contributed by atoms with Crippen LogP contribution in [0.3, 0.4) is 0 Å². The molecule has 1 fully saturated rings. The molecule has 1 aliphatic heterocycles. The number of likely N-dealkylation sites (tertiary alicyclic amines) is 1. The summed E-state index contributed by atoms with van der Waals surface area (Å²) < 4.78 is 13.1. The van der Waals surface area contributed by atoms with Crippen LogP contribution in [0.15, 0.2) is 29.6 Å². The molecule has 1 saturated heterocycles. The van der Waals surface area contributed by atoms with Gasteiger partial charge in [-0.05, 0) is 57.5 Å². The van der Waals surface area contributed by atoms with E-state index in [1.165, 1.54) is 35.6 Å². The van der Waals surface area contributed by atoms with Gasteiger partial charge in [0.25, 0.3) is 0 Å². The molecule has 1 aliphatic rings. The largest absolute Gasteiger partial charge is 0.343 e. The summed E-state index contributed by atoms with van der Waals surface area (Å²) in [7, 11) is 1.69. The summed E-state index contributed by atoms with van der Waals surface area (Å²) in [6, 6.07) is 4.13. The van der Waals surface area contributed by atoms with Gasteiger partial charge in [-0.15, -0.1) is 11.3 Å². The summed E-state index contributed by atoms with van der Waals surface area (Å²) in [6.07, 6.45) is 2.06. The van der Waals surface area contributed by atoms with Gasteiger partial charge < -0.3 is 15.5 Å². The number of rotatable bonds is 8. The first kappa shape index (κ1) is 23.0. The van der Waals surface area contributed by atoms with Gasteiger partial charge in [0, 0.05) is 17.5 Å². The zero-order valence-corrected chi connectivity index (χ0v) is 18.7. The summed E-state index contributed by atoms with van der Waals surface area (Å²) in [5.41, 5.74) is 0.652. The first-order valence-electron chi connectivity index (χ1n) is 10.4. The topological polar surface area (TPSA) is 91.4 Å². The Morgan fingerprint density at radius 2 is 2.00 bits per heavy atom. The van der Waals surface area contributed by atoms with Crippen molar-refractivity contribution in [2.24, 2.45) is 0 Å². The second-order valence-electron chi connectivity index (χ2n) is 7.58. The standard InChI is InChI=1S/C22H27FN4O3S/c1-4-16(25-20(29)13(2)24-3)22(30)27-11-5-6-18(27)21-26-17(12-31-21)19(28)14-7-9-15(23)10-8-14/h7-10,12-13,16,18,24H,4-6,11H2,1-3H3,(H,25,29)/t13-,16-,18-/m0/s1. The first-order valence-corrected chi connectivity index (χ1v) is 11.3. The molecule has 1 aromatic carbocycles. The Labute approximate surface area is 185 Å². The maximum Gasteiger partial charge on any atom is 0.245 e. The number of aromatic nitrogens is 1. The Kier molecular flexibility index (Phi) is 7.50. The third-order valence-electron chi connectivity index (χ3n) is 5.53. The van der Waals surface area contributed by atoms with Crippen molar-refractivity contribution in [3.05, 3.63) is 51.7 Å². The molecule has 31 heavy (non-hydrogen) atoms.